The minimum atomic E-state index is -0.817. The fourth-order valence-electron chi connectivity index (χ4n) is 5.46. The highest BCUT2D eigenvalue weighted by Crippen LogP contribution is 2.14. The van der Waals surface area contributed by atoms with Crippen LogP contribution in [0, 0.1) is 5.92 Å². The zero-order valence-electron chi connectivity index (χ0n) is 29.4. The fourth-order valence-corrected chi connectivity index (χ4v) is 5.46. The number of carbonyl (C=O) groups excluding carboxylic acids is 5. The van der Waals surface area contributed by atoms with Gasteiger partial charge in [0.25, 0.3) is 0 Å². The summed E-state index contributed by atoms with van der Waals surface area (Å²) in [5, 5.41) is 8.36. The number of H-pyrrole nitrogens is 1. The molecule has 3 amide bonds. The summed E-state index contributed by atoms with van der Waals surface area (Å²) in [6.07, 6.45) is 20.6. The van der Waals surface area contributed by atoms with Gasteiger partial charge in [-0.3, -0.25) is 24.0 Å². The first-order valence-corrected chi connectivity index (χ1v) is 18.0. The maximum Gasteiger partial charge on any atom is 0.243 e. The van der Waals surface area contributed by atoms with Gasteiger partial charge in [-0.2, -0.15) is 0 Å². The molecule has 0 aliphatic rings. The van der Waals surface area contributed by atoms with E-state index in [-0.39, 0.29) is 42.7 Å². The fraction of sp³-hybridized carbons (Fsp3) is 0.778. The molecule has 0 saturated heterocycles. The van der Waals surface area contributed by atoms with Gasteiger partial charge in [0, 0.05) is 44.0 Å². The van der Waals surface area contributed by atoms with Crippen LogP contribution >= 0.6 is 0 Å². The monoisotopic (exact) mass is 645 g/mol. The third-order valence-electron chi connectivity index (χ3n) is 8.81. The van der Waals surface area contributed by atoms with E-state index in [0.29, 0.717) is 19.3 Å². The molecule has 262 valence electrons. The summed E-state index contributed by atoms with van der Waals surface area (Å²) in [5.41, 5.74) is 0.729. The molecule has 1 aromatic heterocycles. The Morgan fingerprint density at radius 1 is 0.696 bits per heavy atom. The van der Waals surface area contributed by atoms with Crippen molar-refractivity contribution in [1.82, 2.24) is 25.9 Å². The van der Waals surface area contributed by atoms with Crippen LogP contribution in [0.5, 0.6) is 0 Å². The lowest BCUT2D eigenvalue weighted by atomic mass is 9.97. The van der Waals surface area contributed by atoms with Crippen molar-refractivity contribution in [1.29, 1.82) is 0 Å². The van der Waals surface area contributed by atoms with Gasteiger partial charge in [0.2, 0.25) is 17.7 Å². The van der Waals surface area contributed by atoms with Crippen LogP contribution in [-0.4, -0.2) is 57.4 Å². The molecule has 1 rings (SSSR count). The van der Waals surface area contributed by atoms with Crippen LogP contribution in [0.2, 0.25) is 0 Å². The molecular weight excluding hydrogens is 582 g/mol. The molecule has 0 aromatic carbocycles. The molecule has 4 N–H and O–H groups in total. The second-order valence-corrected chi connectivity index (χ2v) is 12.8. The highest BCUT2D eigenvalue weighted by Gasteiger charge is 2.28. The molecule has 10 heteroatoms. The van der Waals surface area contributed by atoms with E-state index in [1.165, 1.54) is 70.5 Å². The van der Waals surface area contributed by atoms with Crippen LogP contribution in [0.15, 0.2) is 12.5 Å². The SMILES string of the molecule is CCCCCCCCCCCCCCCC(=O)NC(C(=O)N[C@@H](C)C(=O)CCC(=O)NC(Cc1cnc[nH]1)C(=O)CC)[C@@H](C)CC. The average Bonchev–Trinajstić information content (AvgIpc) is 3.56. The molecule has 0 bridgehead atoms. The Bertz CT molecular complexity index is 1010. The molecule has 10 nitrogen and oxygen atoms in total. The lowest BCUT2D eigenvalue weighted by molar-refractivity contribution is -0.133. The van der Waals surface area contributed by atoms with Gasteiger partial charge in [-0.25, -0.2) is 4.98 Å². The lowest BCUT2D eigenvalue weighted by Gasteiger charge is -2.25. The van der Waals surface area contributed by atoms with Crippen molar-refractivity contribution in [3.05, 3.63) is 18.2 Å². The van der Waals surface area contributed by atoms with E-state index >= 15 is 0 Å². The van der Waals surface area contributed by atoms with E-state index in [2.05, 4.69) is 32.8 Å². The number of aromatic nitrogens is 2. The predicted octanol–water partition coefficient (Wildman–Crippen LogP) is 6.28. The number of aromatic amines is 1. The van der Waals surface area contributed by atoms with E-state index in [9.17, 15) is 24.0 Å². The zero-order valence-corrected chi connectivity index (χ0v) is 29.4. The first-order valence-electron chi connectivity index (χ1n) is 18.0. The van der Waals surface area contributed by atoms with Crippen LogP contribution in [0.25, 0.3) is 0 Å². The van der Waals surface area contributed by atoms with Crippen LogP contribution in [0.4, 0.5) is 0 Å². The number of imidazole rings is 1. The summed E-state index contributed by atoms with van der Waals surface area (Å²) in [4.78, 5) is 70.4. The minimum Gasteiger partial charge on any atom is -0.348 e. The van der Waals surface area contributed by atoms with Gasteiger partial charge < -0.3 is 20.9 Å². The standard InChI is InChI=1S/C36H63N5O5/c1-6-9-10-11-12-13-14-15-16-17-18-19-20-21-33(44)41-35(27(4)7-2)36(46)39-28(5)32(43)22-23-34(45)40-30(31(42)8-3)24-29-25-37-26-38-29/h25-28,30,35H,6-24H2,1-5H3,(H,37,38)(H,39,46)(H,40,45)(H,41,44)/t27-,28-,30?,35?/m0/s1. The molecule has 0 fully saturated rings. The third-order valence-corrected chi connectivity index (χ3v) is 8.81. The Balaban J connectivity index is 2.38. The van der Waals surface area contributed by atoms with Crippen LogP contribution in [0.1, 0.15) is 156 Å². The van der Waals surface area contributed by atoms with E-state index < -0.39 is 29.9 Å². The number of rotatable bonds is 28. The number of nitrogens with zero attached hydrogens (tertiary/aromatic N) is 1. The Morgan fingerprint density at radius 2 is 1.26 bits per heavy atom. The van der Waals surface area contributed by atoms with Gasteiger partial charge in [-0.15, -0.1) is 0 Å². The highest BCUT2D eigenvalue weighted by atomic mass is 16.2. The number of Topliss-reactive ketones (excluding diaryl/α,β-unsaturated/α-hetero) is 2. The number of carbonyl (C=O) groups is 5. The van der Waals surface area contributed by atoms with Crippen LogP contribution in [0.3, 0.4) is 0 Å². The number of amides is 3. The quantitative estimate of drug-likeness (QED) is 0.0788. The van der Waals surface area contributed by atoms with Crippen molar-refractivity contribution in [2.24, 2.45) is 5.92 Å². The summed E-state index contributed by atoms with van der Waals surface area (Å²) < 4.78 is 0. The van der Waals surface area contributed by atoms with Crippen molar-refractivity contribution < 1.29 is 24.0 Å². The highest BCUT2D eigenvalue weighted by molar-refractivity contribution is 5.94. The van der Waals surface area contributed by atoms with Gasteiger partial charge >= 0.3 is 0 Å². The Morgan fingerprint density at radius 3 is 1.78 bits per heavy atom. The normalized spacial score (nSPS) is 13.8. The molecule has 0 saturated carbocycles. The predicted molar refractivity (Wildman–Crippen MR) is 183 cm³/mol. The molecule has 0 aliphatic heterocycles. The van der Waals surface area contributed by atoms with Crippen molar-refractivity contribution in [2.45, 2.75) is 175 Å². The van der Waals surface area contributed by atoms with E-state index in [0.717, 1.165) is 25.0 Å². The molecule has 2 unspecified atom stereocenters. The zero-order chi connectivity index (χ0) is 34.2. The molecule has 4 atom stereocenters. The summed E-state index contributed by atoms with van der Waals surface area (Å²) in [6, 6.07) is -2.26. The molecule has 0 aliphatic carbocycles. The van der Waals surface area contributed by atoms with E-state index in [1.807, 2.05) is 13.8 Å². The van der Waals surface area contributed by atoms with Gasteiger partial charge in [-0.05, 0) is 19.3 Å². The van der Waals surface area contributed by atoms with Crippen molar-refractivity contribution in [2.75, 3.05) is 0 Å². The molecular formula is C36H63N5O5. The van der Waals surface area contributed by atoms with Gasteiger partial charge in [-0.1, -0.05) is 111 Å². The van der Waals surface area contributed by atoms with Crippen molar-refractivity contribution in [3.8, 4) is 0 Å². The number of unbranched alkanes of at least 4 members (excludes halogenated alkanes) is 12. The second kappa shape index (κ2) is 25.1. The molecule has 0 radical (unpaired) electrons. The number of hydrogen-bond donors (Lipinski definition) is 4. The summed E-state index contributed by atoms with van der Waals surface area (Å²) in [6.45, 7) is 9.43. The van der Waals surface area contributed by atoms with Crippen LogP contribution in [-0.2, 0) is 30.4 Å². The second-order valence-electron chi connectivity index (χ2n) is 12.8. The van der Waals surface area contributed by atoms with Crippen molar-refractivity contribution in [3.63, 3.8) is 0 Å². The van der Waals surface area contributed by atoms with Gasteiger partial charge in [0.05, 0.1) is 18.4 Å². The Labute approximate surface area is 277 Å². The summed E-state index contributed by atoms with van der Waals surface area (Å²) >= 11 is 0. The Hall–Kier alpha value is -3.04. The molecule has 0 spiro atoms. The molecule has 1 aromatic rings. The van der Waals surface area contributed by atoms with Crippen molar-refractivity contribution >= 4 is 29.3 Å². The lowest BCUT2D eigenvalue weighted by Crippen LogP contribution is -2.53. The summed E-state index contributed by atoms with van der Waals surface area (Å²) in [5.74, 6) is -1.46. The van der Waals surface area contributed by atoms with Gasteiger partial charge in [0.15, 0.2) is 11.6 Å². The summed E-state index contributed by atoms with van der Waals surface area (Å²) in [7, 11) is 0. The van der Waals surface area contributed by atoms with E-state index in [1.54, 1.807) is 20.0 Å². The third kappa shape index (κ3) is 18.2. The molecule has 46 heavy (non-hydrogen) atoms. The average molecular weight is 646 g/mol. The first-order chi connectivity index (χ1) is 22.1. The largest absolute Gasteiger partial charge is 0.348 e. The smallest absolute Gasteiger partial charge is 0.243 e. The minimum absolute atomic E-state index is 0.0796. The number of ketones is 2. The topological polar surface area (TPSA) is 150 Å². The number of nitrogens with one attached hydrogen (secondary N) is 4. The molecule has 1 heterocycles. The first kappa shape index (κ1) is 41.0. The Kier molecular flexibility index (Phi) is 22.4. The van der Waals surface area contributed by atoms with Crippen LogP contribution < -0.4 is 16.0 Å². The van der Waals surface area contributed by atoms with Gasteiger partial charge in [0.1, 0.15) is 6.04 Å². The maximum absolute atomic E-state index is 13.1. The maximum atomic E-state index is 13.1. The van der Waals surface area contributed by atoms with E-state index in [4.69, 9.17) is 0 Å². The number of hydrogen-bond acceptors (Lipinski definition) is 6.